The number of hydrogen-bond acceptors (Lipinski definition) is 3. The summed E-state index contributed by atoms with van der Waals surface area (Å²) in [5.74, 6) is 0.786. The van der Waals surface area contributed by atoms with Crippen LogP contribution in [-0.2, 0) is 18.4 Å². The van der Waals surface area contributed by atoms with Crippen molar-refractivity contribution in [3.05, 3.63) is 82.5 Å². The van der Waals surface area contributed by atoms with Gasteiger partial charge in [0.1, 0.15) is 11.4 Å². The van der Waals surface area contributed by atoms with Gasteiger partial charge in [-0.05, 0) is 69.6 Å². The summed E-state index contributed by atoms with van der Waals surface area (Å²) in [6.45, 7) is 10.6. The lowest BCUT2D eigenvalue weighted by molar-refractivity contribution is 0.0933. The van der Waals surface area contributed by atoms with E-state index in [1.807, 2.05) is 17.7 Å². The topological polar surface area (TPSA) is 59.0 Å². The molecule has 2 atom stereocenters. The van der Waals surface area contributed by atoms with Crippen LogP contribution in [0, 0.1) is 6.92 Å². The van der Waals surface area contributed by atoms with Crippen LogP contribution in [0.15, 0.2) is 54.6 Å². The first-order valence-electron chi connectivity index (χ1n) is 12.6. The molecule has 2 unspecified atom stereocenters. The molecule has 5 heteroatoms. The van der Waals surface area contributed by atoms with Gasteiger partial charge < -0.3 is 10.6 Å². The second-order valence-electron chi connectivity index (χ2n) is 10.1. The smallest absolute Gasteiger partial charge is 0.257 e. The third kappa shape index (κ3) is 5.03. The van der Waals surface area contributed by atoms with Crippen LogP contribution >= 0.6 is 0 Å². The molecule has 1 amide bonds. The molecule has 3 aromatic rings. The lowest BCUT2D eigenvalue weighted by atomic mass is 9.89. The highest BCUT2D eigenvalue weighted by Gasteiger charge is 2.38. The van der Waals surface area contributed by atoms with E-state index < -0.39 is 0 Å². The molecule has 0 bridgehead atoms. The van der Waals surface area contributed by atoms with Gasteiger partial charge in [0.25, 0.3) is 5.91 Å². The van der Waals surface area contributed by atoms with Crippen LogP contribution in [0.5, 0.6) is 0 Å². The Hall–Kier alpha value is -3.08. The van der Waals surface area contributed by atoms with E-state index in [2.05, 4.69) is 86.9 Å². The molecule has 4 rings (SSSR count). The fourth-order valence-corrected chi connectivity index (χ4v) is 4.98. The van der Waals surface area contributed by atoms with Gasteiger partial charge >= 0.3 is 0 Å². The van der Waals surface area contributed by atoms with E-state index in [0.29, 0.717) is 5.56 Å². The van der Waals surface area contributed by atoms with Gasteiger partial charge in [0.15, 0.2) is 0 Å². The monoisotopic (exact) mass is 458 g/mol. The predicted octanol–water partition coefficient (Wildman–Crippen LogP) is 6.19. The van der Waals surface area contributed by atoms with Gasteiger partial charge in [0, 0.05) is 6.04 Å². The van der Waals surface area contributed by atoms with Crippen LogP contribution < -0.4 is 10.6 Å². The van der Waals surface area contributed by atoms with Crippen LogP contribution in [0.3, 0.4) is 0 Å². The SMILES string of the molecule is CCc1ccc(CCC(CC)NC(=O)c2c(C)nn3c2NC(c2ccccc2)CC3(C)C)cc1. The molecular weight excluding hydrogens is 420 g/mol. The summed E-state index contributed by atoms with van der Waals surface area (Å²) in [6.07, 6.45) is 4.73. The first kappa shape index (κ1) is 24.1. The van der Waals surface area contributed by atoms with Crippen molar-refractivity contribution in [2.45, 2.75) is 84.3 Å². The van der Waals surface area contributed by atoms with E-state index in [9.17, 15) is 4.79 Å². The first-order valence-corrected chi connectivity index (χ1v) is 12.6. The number of benzene rings is 2. The molecule has 5 nitrogen and oxygen atoms in total. The number of carbonyl (C=O) groups is 1. The molecule has 0 fully saturated rings. The van der Waals surface area contributed by atoms with Gasteiger partial charge in [-0.25, -0.2) is 4.68 Å². The maximum atomic E-state index is 13.5. The summed E-state index contributed by atoms with van der Waals surface area (Å²) in [5.41, 5.74) is 5.14. The number of aromatic nitrogens is 2. The molecule has 0 saturated carbocycles. The Morgan fingerprint density at radius 3 is 2.44 bits per heavy atom. The Morgan fingerprint density at radius 2 is 1.79 bits per heavy atom. The van der Waals surface area contributed by atoms with Gasteiger partial charge in [-0.3, -0.25) is 4.79 Å². The third-order valence-electron chi connectivity index (χ3n) is 7.12. The minimum atomic E-state index is -0.195. The van der Waals surface area contributed by atoms with Crippen LogP contribution in [0.4, 0.5) is 5.82 Å². The van der Waals surface area contributed by atoms with Crippen LogP contribution in [0.1, 0.15) is 85.7 Å². The van der Waals surface area contributed by atoms with Gasteiger partial charge in [-0.2, -0.15) is 5.10 Å². The van der Waals surface area contributed by atoms with E-state index in [1.165, 1.54) is 16.7 Å². The van der Waals surface area contributed by atoms with Crippen molar-refractivity contribution < 1.29 is 4.79 Å². The summed E-state index contributed by atoms with van der Waals surface area (Å²) in [6, 6.07) is 19.5. The average Bonchev–Trinajstić information content (AvgIpc) is 3.19. The van der Waals surface area contributed by atoms with Crippen molar-refractivity contribution in [1.29, 1.82) is 0 Å². The molecule has 0 spiro atoms. The quantitative estimate of drug-likeness (QED) is 0.423. The van der Waals surface area contributed by atoms with E-state index in [-0.39, 0.29) is 23.5 Å². The lowest BCUT2D eigenvalue weighted by Crippen LogP contribution is -2.39. The molecule has 2 heterocycles. The van der Waals surface area contributed by atoms with Gasteiger partial charge in [-0.15, -0.1) is 0 Å². The fraction of sp³-hybridized carbons (Fsp3) is 0.448. The van der Waals surface area contributed by atoms with Crippen molar-refractivity contribution in [2.24, 2.45) is 0 Å². The van der Waals surface area contributed by atoms with Crippen molar-refractivity contribution >= 4 is 11.7 Å². The molecule has 34 heavy (non-hydrogen) atoms. The zero-order valence-electron chi connectivity index (χ0n) is 21.2. The number of carbonyl (C=O) groups excluding carboxylic acids is 1. The van der Waals surface area contributed by atoms with E-state index in [1.54, 1.807) is 0 Å². The number of nitrogens with one attached hydrogen (secondary N) is 2. The Labute approximate surface area is 204 Å². The van der Waals surface area contributed by atoms with Gasteiger partial charge in [-0.1, -0.05) is 68.4 Å². The zero-order chi connectivity index (χ0) is 24.3. The minimum Gasteiger partial charge on any atom is -0.363 e. The highest BCUT2D eigenvalue weighted by Crippen LogP contribution is 2.40. The molecule has 0 radical (unpaired) electrons. The van der Waals surface area contributed by atoms with Crippen molar-refractivity contribution in [3.63, 3.8) is 0 Å². The first-order chi connectivity index (χ1) is 16.3. The van der Waals surface area contributed by atoms with Crippen LogP contribution in [0.2, 0.25) is 0 Å². The molecule has 0 saturated heterocycles. The summed E-state index contributed by atoms with van der Waals surface area (Å²) in [7, 11) is 0. The second-order valence-corrected chi connectivity index (χ2v) is 10.1. The number of fused-ring (bicyclic) bond motifs is 1. The van der Waals surface area contributed by atoms with Gasteiger partial charge in [0.05, 0.1) is 17.3 Å². The largest absolute Gasteiger partial charge is 0.363 e. The number of nitrogens with zero attached hydrogens (tertiary/aromatic N) is 2. The van der Waals surface area contributed by atoms with Crippen molar-refractivity contribution in [2.75, 3.05) is 5.32 Å². The standard InChI is InChI=1S/C29H38N4O/c1-6-21-13-15-22(16-14-21)17-18-24(7-2)30-28(34)26-20(3)32-33-27(26)31-25(19-29(33,4)5)23-11-9-8-10-12-23/h8-16,24-25,31H,6-7,17-19H2,1-5H3,(H,30,34). The second kappa shape index (κ2) is 10.0. The average molecular weight is 459 g/mol. The maximum Gasteiger partial charge on any atom is 0.257 e. The number of amides is 1. The van der Waals surface area contributed by atoms with Crippen molar-refractivity contribution in [1.82, 2.24) is 15.1 Å². The number of hydrogen-bond donors (Lipinski definition) is 2. The Bertz CT molecular complexity index is 1120. The number of aryl methyl sites for hydroxylation is 3. The molecular formula is C29H38N4O. The zero-order valence-corrected chi connectivity index (χ0v) is 21.2. The summed E-state index contributed by atoms with van der Waals surface area (Å²) >= 11 is 0. The van der Waals surface area contributed by atoms with Crippen LogP contribution in [-0.4, -0.2) is 21.7 Å². The van der Waals surface area contributed by atoms with Crippen molar-refractivity contribution in [3.8, 4) is 0 Å². The van der Waals surface area contributed by atoms with Gasteiger partial charge in [0.2, 0.25) is 0 Å². The van der Waals surface area contributed by atoms with E-state index in [0.717, 1.165) is 43.6 Å². The third-order valence-corrected chi connectivity index (χ3v) is 7.12. The number of rotatable bonds is 8. The molecule has 1 aromatic heterocycles. The fourth-order valence-electron chi connectivity index (χ4n) is 4.98. The Morgan fingerprint density at radius 1 is 1.12 bits per heavy atom. The Kier molecular flexibility index (Phi) is 7.11. The minimum absolute atomic E-state index is 0.0380. The summed E-state index contributed by atoms with van der Waals surface area (Å²) < 4.78 is 2.01. The molecule has 180 valence electrons. The predicted molar refractivity (Wildman–Crippen MR) is 139 cm³/mol. The normalized spacial score (nSPS) is 17.5. The van der Waals surface area contributed by atoms with E-state index in [4.69, 9.17) is 5.10 Å². The van der Waals surface area contributed by atoms with E-state index >= 15 is 0 Å². The van der Waals surface area contributed by atoms with Crippen LogP contribution in [0.25, 0.3) is 0 Å². The molecule has 1 aliphatic rings. The molecule has 0 aliphatic carbocycles. The lowest BCUT2D eigenvalue weighted by Gasteiger charge is -2.38. The summed E-state index contributed by atoms with van der Waals surface area (Å²) in [4.78, 5) is 13.5. The highest BCUT2D eigenvalue weighted by atomic mass is 16.1. The maximum absolute atomic E-state index is 13.5. The molecule has 2 N–H and O–H groups in total. The number of anilines is 1. The highest BCUT2D eigenvalue weighted by molar-refractivity contribution is 6.00. The Balaban J connectivity index is 1.51. The summed E-state index contributed by atoms with van der Waals surface area (Å²) in [5, 5.41) is 11.7. The molecule has 2 aromatic carbocycles. The molecule has 1 aliphatic heterocycles.